The second-order valence-corrected chi connectivity index (χ2v) is 6.87. The number of halogens is 4. The summed E-state index contributed by atoms with van der Waals surface area (Å²) in [5, 5.41) is 0. The summed E-state index contributed by atoms with van der Waals surface area (Å²) >= 11 is 0. The van der Waals surface area contributed by atoms with Crippen molar-refractivity contribution in [2.45, 2.75) is 6.18 Å². The van der Waals surface area contributed by atoms with E-state index in [0.717, 1.165) is 17.8 Å². The Bertz CT molecular complexity index is 1020. The molecule has 156 valence electrons. The van der Waals surface area contributed by atoms with Crippen LogP contribution in [0.4, 0.5) is 23.2 Å². The fourth-order valence-electron chi connectivity index (χ4n) is 3.29. The molecule has 1 fully saturated rings. The average molecular weight is 419 g/mol. The summed E-state index contributed by atoms with van der Waals surface area (Å²) in [5.41, 5.74) is 0.561. The summed E-state index contributed by atoms with van der Waals surface area (Å²) in [7, 11) is 0. The molecule has 1 amide bonds. The van der Waals surface area contributed by atoms with Gasteiger partial charge in [-0.15, -0.1) is 0 Å². The van der Waals surface area contributed by atoms with Crippen LogP contribution in [0.15, 0.2) is 59.2 Å². The molecular weight excluding hydrogens is 402 g/mol. The quantitative estimate of drug-likeness (QED) is 0.588. The second kappa shape index (κ2) is 7.81. The monoisotopic (exact) mass is 419 g/mol. The van der Waals surface area contributed by atoms with Gasteiger partial charge in [0.05, 0.1) is 5.56 Å². The number of oxazole rings is 1. The summed E-state index contributed by atoms with van der Waals surface area (Å²) in [4.78, 5) is 20.5. The van der Waals surface area contributed by atoms with E-state index in [0.29, 0.717) is 31.7 Å². The van der Waals surface area contributed by atoms with Crippen molar-refractivity contribution in [3.63, 3.8) is 0 Å². The minimum absolute atomic E-state index is 0.0806. The predicted molar refractivity (Wildman–Crippen MR) is 101 cm³/mol. The molecule has 0 bridgehead atoms. The van der Waals surface area contributed by atoms with Gasteiger partial charge in [0.2, 0.25) is 5.89 Å². The second-order valence-electron chi connectivity index (χ2n) is 6.87. The summed E-state index contributed by atoms with van der Waals surface area (Å²) in [6.45, 7) is 2.08. The first-order valence-corrected chi connectivity index (χ1v) is 9.24. The Kier molecular flexibility index (Phi) is 5.19. The van der Waals surface area contributed by atoms with Gasteiger partial charge in [0.25, 0.3) is 5.91 Å². The Hall–Kier alpha value is -3.36. The van der Waals surface area contributed by atoms with E-state index in [4.69, 9.17) is 4.42 Å². The van der Waals surface area contributed by atoms with Crippen LogP contribution in [0.3, 0.4) is 0 Å². The molecule has 5 nitrogen and oxygen atoms in total. The Morgan fingerprint density at radius 1 is 0.933 bits per heavy atom. The summed E-state index contributed by atoms with van der Waals surface area (Å²) in [6.07, 6.45) is -3.21. The molecule has 0 spiro atoms. The maximum Gasteiger partial charge on any atom is 0.416 e. The van der Waals surface area contributed by atoms with E-state index in [1.165, 1.54) is 30.5 Å². The van der Waals surface area contributed by atoms with Crippen LogP contribution < -0.4 is 4.90 Å². The molecule has 2 aromatic carbocycles. The number of benzene rings is 2. The molecule has 0 unspecified atom stereocenters. The van der Waals surface area contributed by atoms with E-state index in [1.807, 2.05) is 0 Å². The predicted octanol–water partition coefficient (Wildman–Crippen LogP) is 4.46. The van der Waals surface area contributed by atoms with Gasteiger partial charge in [0, 0.05) is 37.4 Å². The van der Waals surface area contributed by atoms with Crippen LogP contribution in [-0.2, 0) is 6.18 Å². The number of carbonyl (C=O) groups excluding carboxylic acids is 1. The van der Waals surface area contributed by atoms with Gasteiger partial charge in [-0.05, 0) is 48.5 Å². The lowest BCUT2D eigenvalue weighted by atomic mass is 10.1. The fraction of sp³-hybridized carbons (Fsp3) is 0.238. The highest BCUT2D eigenvalue weighted by Crippen LogP contribution is 2.31. The van der Waals surface area contributed by atoms with Crippen LogP contribution >= 0.6 is 0 Å². The molecule has 1 aliphatic rings. The third-order valence-corrected chi connectivity index (χ3v) is 4.94. The number of anilines is 1. The molecule has 1 saturated heterocycles. The molecule has 30 heavy (non-hydrogen) atoms. The molecule has 0 radical (unpaired) electrons. The van der Waals surface area contributed by atoms with Crippen LogP contribution in [-0.4, -0.2) is 42.0 Å². The molecule has 2 heterocycles. The van der Waals surface area contributed by atoms with Gasteiger partial charge in [-0.1, -0.05) is 0 Å². The standard InChI is InChI=1S/C21H17F4N3O2/c22-16-5-7-17(8-6-16)27-9-11-28(12-10-27)20(29)18-13-30-19(26-18)14-1-3-15(4-2-14)21(23,24)25/h1-8,13H,9-12H2. The first kappa shape index (κ1) is 19.9. The van der Waals surface area contributed by atoms with Crippen molar-refractivity contribution in [3.8, 4) is 11.5 Å². The Balaban J connectivity index is 1.40. The molecule has 0 saturated carbocycles. The van der Waals surface area contributed by atoms with Crippen molar-refractivity contribution in [3.05, 3.63) is 71.9 Å². The first-order valence-electron chi connectivity index (χ1n) is 9.24. The SMILES string of the molecule is O=C(c1coc(-c2ccc(C(F)(F)F)cc2)n1)N1CCN(c2ccc(F)cc2)CC1. The van der Waals surface area contributed by atoms with E-state index >= 15 is 0 Å². The molecule has 4 rings (SSSR count). The molecule has 1 aliphatic heterocycles. The Labute approximate surface area is 169 Å². The third kappa shape index (κ3) is 4.14. The number of carbonyl (C=O) groups is 1. The molecule has 0 N–H and O–H groups in total. The Morgan fingerprint density at radius 3 is 2.17 bits per heavy atom. The lowest BCUT2D eigenvalue weighted by molar-refractivity contribution is -0.137. The largest absolute Gasteiger partial charge is 0.444 e. The van der Waals surface area contributed by atoms with Crippen molar-refractivity contribution in [2.24, 2.45) is 0 Å². The number of hydrogen-bond acceptors (Lipinski definition) is 4. The van der Waals surface area contributed by atoms with E-state index in [1.54, 1.807) is 17.0 Å². The molecule has 9 heteroatoms. The van der Waals surface area contributed by atoms with Crippen LogP contribution in [0, 0.1) is 5.82 Å². The highest BCUT2D eigenvalue weighted by Gasteiger charge is 2.30. The van der Waals surface area contributed by atoms with Gasteiger partial charge in [-0.3, -0.25) is 4.79 Å². The summed E-state index contributed by atoms with van der Waals surface area (Å²) in [6, 6.07) is 10.6. The zero-order valence-corrected chi connectivity index (χ0v) is 15.7. The van der Waals surface area contributed by atoms with Gasteiger partial charge in [0.1, 0.15) is 12.1 Å². The van der Waals surface area contributed by atoms with E-state index in [9.17, 15) is 22.4 Å². The minimum Gasteiger partial charge on any atom is -0.444 e. The van der Waals surface area contributed by atoms with Crippen molar-refractivity contribution >= 4 is 11.6 Å². The number of nitrogens with zero attached hydrogens (tertiary/aromatic N) is 3. The molecular formula is C21H17F4N3O2. The minimum atomic E-state index is -4.42. The normalized spacial score (nSPS) is 14.8. The highest BCUT2D eigenvalue weighted by atomic mass is 19.4. The van der Waals surface area contributed by atoms with E-state index < -0.39 is 11.7 Å². The van der Waals surface area contributed by atoms with Crippen LogP contribution in [0.5, 0.6) is 0 Å². The molecule has 3 aromatic rings. The van der Waals surface area contributed by atoms with Crippen molar-refractivity contribution in [2.75, 3.05) is 31.1 Å². The van der Waals surface area contributed by atoms with Crippen LogP contribution in [0.2, 0.25) is 0 Å². The zero-order valence-electron chi connectivity index (χ0n) is 15.7. The van der Waals surface area contributed by atoms with Gasteiger partial charge < -0.3 is 14.2 Å². The average Bonchev–Trinajstić information content (AvgIpc) is 3.24. The smallest absolute Gasteiger partial charge is 0.416 e. The number of rotatable bonds is 3. The van der Waals surface area contributed by atoms with Crippen molar-refractivity contribution in [1.82, 2.24) is 9.88 Å². The summed E-state index contributed by atoms with van der Waals surface area (Å²) in [5.74, 6) is -0.532. The number of aromatic nitrogens is 1. The molecule has 0 aliphatic carbocycles. The van der Waals surface area contributed by atoms with E-state index in [2.05, 4.69) is 9.88 Å². The molecule has 0 atom stereocenters. The van der Waals surface area contributed by atoms with Gasteiger partial charge >= 0.3 is 6.18 Å². The van der Waals surface area contributed by atoms with E-state index in [-0.39, 0.29) is 23.3 Å². The van der Waals surface area contributed by atoms with Crippen LogP contribution in [0.1, 0.15) is 16.1 Å². The number of piperazine rings is 1. The lowest BCUT2D eigenvalue weighted by Crippen LogP contribution is -2.48. The Morgan fingerprint density at radius 2 is 1.57 bits per heavy atom. The zero-order chi connectivity index (χ0) is 21.3. The fourth-order valence-corrected chi connectivity index (χ4v) is 3.29. The van der Waals surface area contributed by atoms with Gasteiger partial charge in [0.15, 0.2) is 5.69 Å². The molecule has 1 aromatic heterocycles. The van der Waals surface area contributed by atoms with Crippen LogP contribution in [0.25, 0.3) is 11.5 Å². The number of alkyl halides is 3. The number of hydrogen-bond donors (Lipinski definition) is 0. The highest BCUT2D eigenvalue weighted by molar-refractivity contribution is 5.92. The third-order valence-electron chi connectivity index (χ3n) is 4.94. The maximum atomic E-state index is 13.1. The van der Waals surface area contributed by atoms with Gasteiger partial charge in [-0.2, -0.15) is 13.2 Å². The maximum absolute atomic E-state index is 13.1. The topological polar surface area (TPSA) is 49.6 Å². The van der Waals surface area contributed by atoms with Crippen molar-refractivity contribution in [1.29, 1.82) is 0 Å². The summed E-state index contributed by atoms with van der Waals surface area (Å²) < 4.78 is 56.4. The first-order chi connectivity index (χ1) is 14.3. The lowest BCUT2D eigenvalue weighted by Gasteiger charge is -2.35. The number of amides is 1. The van der Waals surface area contributed by atoms with Gasteiger partial charge in [-0.25, -0.2) is 9.37 Å². The van der Waals surface area contributed by atoms with Crippen molar-refractivity contribution < 1.29 is 26.8 Å².